The Morgan fingerprint density at radius 1 is 0.906 bits per heavy atom. The molecular weight excluding hydrogens is 422 g/mol. The average molecular weight is 442 g/mol. The van der Waals surface area contributed by atoms with Crippen LogP contribution in [-0.4, -0.2) is 30.3 Å². The lowest BCUT2D eigenvalue weighted by atomic mass is 10.2. The summed E-state index contributed by atoms with van der Waals surface area (Å²) in [6.45, 7) is 0.0527. The number of pyridine rings is 1. The van der Waals surface area contributed by atoms with Crippen molar-refractivity contribution in [3.05, 3.63) is 108 Å². The van der Waals surface area contributed by atoms with E-state index in [2.05, 4.69) is 15.3 Å². The number of rotatable bonds is 7. The number of para-hydroxylation sites is 1. The molecule has 0 unspecified atom stereocenters. The Morgan fingerprint density at radius 3 is 2.59 bits per heavy atom. The lowest BCUT2D eigenvalue weighted by Crippen LogP contribution is -2.07. The van der Waals surface area contributed by atoms with E-state index >= 15 is 0 Å². The van der Waals surface area contributed by atoms with Gasteiger partial charge in [-0.25, -0.2) is 14.5 Å². The Kier molecular flexibility index (Phi) is 5.67. The molecule has 0 saturated heterocycles. The molecule has 0 N–H and O–H groups in total. The topological polar surface area (TPSA) is 74.3 Å². The maximum Gasteiger partial charge on any atom is 0.339 e. The second kappa shape index (κ2) is 9.07. The molecule has 0 aliphatic heterocycles. The minimum atomic E-state index is -0.391. The van der Waals surface area contributed by atoms with Gasteiger partial charge in [0.15, 0.2) is 0 Å². The van der Waals surface area contributed by atoms with E-state index in [0.717, 1.165) is 21.9 Å². The Labute approximate surface area is 188 Å². The zero-order valence-electron chi connectivity index (χ0n) is 17.0. The van der Waals surface area contributed by atoms with Gasteiger partial charge in [0, 0.05) is 23.0 Å². The lowest BCUT2D eigenvalue weighted by Gasteiger charge is -2.08. The molecule has 0 amide bonds. The first-order valence-corrected chi connectivity index (χ1v) is 11.0. The van der Waals surface area contributed by atoms with Gasteiger partial charge in [0.05, 0.1) is 23.1 Å². The number of fused-ring (bicyclic) bond motifs is 1. The molecule has 0 atom stereocenters. The molecule has 0 aliphatic rings. The first-order valence-electron chi connectivity index (χ1n) is 10.0. The summed E-state index contributed by atoms with van der Waals surface area (Å²) in [6, 6.07) is 23.0. The van der Waals surface area contributed by atoms with Crippen molar-refractivity contribution in [1.82, 2.24) is 24.4 Å². The molecule has 2 aromatic carbocycles. The standard InChI is InChI=1S/C24H19N5O2S/c30-24(31-16-18-15-29(27-26-18)20-8-2-1-3-9-20)21-10-4-5-11-22(21)32-17-19-14-28-13-7-6-12-23(28)25-19/h1-15H,16-17H2. The molecule has 8 heteroatoms. The summed E-state index contributed by atoms with van der Waals surface area (Å²) < 4.78 is 9.16. The first kappa shape index (κ1) is 20.0. The highest BCUT2D eigenvalue weighted by atomic mass is 32.2. The van der Waals surface area contributed by atoms with Crippen LogP contribution in [0.15, 0.2) is 96.3 Å². The highest BCUT2D eigenvalue weighted by Crippen LogP contribution is 2.27. The molecule has 0 radical (unpaired) electrons. The van der Waals surface area contributed by atoms with E-state index in [1.54, 1.807) is 28.7 Å². The van der Waals surface area contributed by atoms with Crippen LogP contribution in [0.3, 0.4) is 0 Å². The molecule has 5 aromatic rings. The van der Waals surface area contributed by atoms with Gasteiger partial charge in [-0.3, -0.25) is 0 Å². The SMILES string of the molecule is O=C(OCc1cn(-c2ccccc2)nn1)c1ccccc1SCc1cn2ccccc2n1. The highest BCUT2D eigenvalue weighted by molar-refractivity contribution is 7.98. The number of hydrogen-bond acceptors (Lipinski definition) is 6. The maximum atomic E-state index is 12.8. The molecule has 0 saturated carbocycles. The third kappa shape index (κ3) is 4.40. The fourth-order valence-electron chi connectivity index (χ4n) is 3.26. The van der Waals surface area contributed by atoms with Crippen LogP contribution in [0.5, 0.6) is 0 Å². The zero-order chi connectivity index (χ0) is 21.8. The van der Waals surface area contributed by atoms with Crippen molar-refractivity contribution < 1.29 is 9.53 Å². The number of imidazole rings is 1. The third-order valence-electron chi connectivity index (χ3n) is 4.81. The average Bonchev–Trinajstić information content (AvgIpc) is 3.49. The predicted molar refractivity (Wildman–Crippen MR) is 122 cm³/mol. The molecule has 32 heavy (non-hydrogen) atoms. The monoisotopic (exact) mass is 441 g/mol. The molecule has 5 rings (SSSR count). The quantitative estimate of drug-likeness (QED) is 0.272. The zero-order valence-corrected chi connectivity index (χ0v) is 17.9. The van der Waals surface area contributed by atoms with Gasteiger partial charge in [0.2, 0.25) is 0 Å². The highest BCUT2D eigenvalue weighted by Gasteiger charge is 2.15. The Bertz CT molecular complexity index is 1330. The second-order valence-corrected chi connectivity index (χ2v) is 8.07. The Morgan fingerprint density at radius 2 is 1.72 bits per heavy atom. The van der Waals surface area contributed by atoms with Crippen LogP contribution in [0, 0.1) is 0 Å². The van der Waals surface area contributed by atoms with E-state index in [4.69, 9.17) is 4.74 Å². The molecule has 0 fully saturated rings. The summed E-state index contributed by atoms with van der Waals surface area (Å²) in [5.41, 5.74) is 3.85. The number of benzene rings is 2. The Hall–Kier alpha value is -3.91. The van der Waals surface area contributed by atoms with Gasteiger partial charge >= 0.3 is 5.97 Å². The van der Waals surface area contributed by atoms with E-state index in [1.807, 2.05) is 83.5 Å². The van der Waals surface area contributed by atoms with Crippen molar-refractivity contribution in [2.24, 2.45) is 0 Å². The molecular formula is C24H19N5O2S. The van der Waals surface area contributed by atoms with Crippen LogP contribution in [0.25, 0.3) is 11.3 Å². The summed E-state index contributed by atoms with van der Waals surface area (Å²) in [5, 5.41) is 8.20. The van der Waals surface area contributed by atoms with Crippen LogP contribution in [0.1, 0.15) is 21.7 Å². The molecule has 0 bridgehead atoms. The lowest BCUT2D eigenvalue weighted by molar-refractivity contribution is 0.0463. The van der Waals surface area contributed by atoms with E-state index < -0.39 is 5.97 Å². The van der Waals surface area contributed by atoms with Crippen LogP contribution in [0.2, 0.25) is 0 Å². The maximum absolute atomic E-state index is 12.8. The van der Waals surface area contributed by atoms with Crippen LogP contribution in [-0.2, 0) is 17.1 Å². The van der Waals surface area contributed by atoms with E-state index in [-0.39, 0.29) is 6.61 Å². The molecule has 3 aromatic heterocycles. The van der Waals surface area contributed by atoms with Crippen molar-refractivity contribution in [2.75, 3.05) is 0 Å². The number of carbonyl (C=O) groups is 1. The second-order valence-electron chi connectivity index (χ2n) is 7.05. The van der Waals surface area contributed by atoms with Gasteiger partial charge in [0.25, 0.3) is 0 Å². The smallest absolute Gasteiger partial charge is 0.339 e. The number of carbonyl (C=O) groups excluding carboxylic acids is 1. The number of thioether (sulfide) groups is 1. The largest absolute Gasteiger partial charge is 0.455 e. The number of esters is 1. The van der Waals surface area contributed by atoms with Gasteiger partial charge in [-0.05, 0) is 36.4 Å². The van der Waals surface area contributed by atoms with Crippen molar-refractivity contribution >= 4 is 23.4 Å². The molecule has 0 aliphatic carbocycles. The van der Waals surface area contributed by atoms with Crippen LogP contribution >= 0.6 is 11.8 Å². The minimum absolute atomic E-state index is 0.0527. The summed E-state index contributed by atoms with van der Waals surface area (Å²) in [6.07, 6.45) is 5.72. The van der Waals surface area contributed by atoms with Crippen LogP contribution in [0.4, 0.5) is 0 Å². The molecule has 0 spiro atoms. The molecule has 7 nitrogen and oxygen atoms in total. The van der Waals surface area contributed by atoms with Crippen LogP contribution < -0.4 is 0 Å². The number of nitrogens with zero attached hydrogens (tertiary/aromatic N) is 5. The number of ether oxygens (including phenoxy) is 1. The van der Waals surface area contributed by atoms with E-state index in [0.29, 0.717) is 17.0 Å². The van der Waals surface area contributed by atoms with Gasteiger partial charge in [0.1, 0.15) is 17.9 Å². The van der Waals surface area contributed by atoms with Gasteiger partial charge in [-0.15, -0.1) is 16.9 Å². The van der Waals surface area contributed by atoms with Gasteiger partial charge in [-0.2, -0.15) is 0 Å². The van der Waals surface area contributed by atoms with E-state index in [9.17, 15) is 4.79 Å². The summed E-state index contributed by atoms with van der Waals surface area (Å²) in [4.78, 5) is 18.2. The van der Waals surface area contributed by atoms with E-state index in [1.165, 1.54) is 0 Å². The minimum Gasteiger partial charge on any atom is -0.455 e. The first-order chi connectivity index (χ1) is 15.8. The van der Waals surface area contributed by atoms with Gasteiger partial charge in [-0.1, -0.05) is 41.6 Å². The van der Waals surface area contributed by atoms with Crippen molar-refractivity contribution in [3.63, 3.8) is 0 Å². The summed E-state index contributed by atoms with van der Waals surface area (Å²) >= 11 is 1.56. The van der Waals surface area contributed by atoms with Crippen molar-refractivity contribution in [2.45, 2.75) is 17.3 Å². The number of hydrogen-bond donors (Lipinski definition) is 0. The predicted octanol–water partition coefficient (Wildman–Crippen LogP) is 4.56. The van der Waals surface area contributed by atoms with Crippen molar-refractivity contribution in [3.8, 4) is 5.69 Å². The fraction of sp³-hybridized carbons (Fsp3) is 0.0833. The fourth-order valence-corrected chi connectivity index (χ4v) is 4.18. The third-order valence-corrected chi connectivity index (χ3v) is 5.92. The summed E-state index contributed by atoms with van der Waals surface area (Å²) in [5.74, 6) is 0.259. The Balaban J connectivity index is 1.24. The number of aromatic nitrogens is 5. The normalized spacial score (nSPS) is 11.0. The van der Waals surface area contributed by atoms with Crippen molar-refractivity contribution in [1.29, 1.82) is 0 Å². The molecule has 158 valence electrons. The molecule has 3 heterocycles. The summed E-state index contributed by atoms with van der Waals surface area (Å²) in [7, 11) is 0. The van der Waals surface area contributed by atoms with Gasteiger partial charge < -0.3 is 9.14 Å².